The topological polar surface area (TPSA) is 69.7 Å². The molecule has 1 amide bonds. The molecule has 8 heteroatoms. The SMILES string of the molecule is O=C(c1cc(-c2ccco2)n(-c2ccc(Cl)cc2)n1)N1CCCCC1C1OCCO1. The molecule has 0 N–H and O–H groups in total. The Hall–Kier alpha value is -2.61. The zero-order valence-corrected chi connectivity index (χ0v) is 17.1. The Morgan fingerprint density at radius 3 is 2.63 bits per heavy atom. The van der Waals surface area contributed by atoms with Gasteiger partial charge in [-0.15, -0.1) is 0 Å². The van der Waals surface area contributed by atoms with E-state index in [2.05, 4.69) is 5.10 Å². The van der Waals surface area contributed by atoms with Gasteiger partial charge in [0.15, 0.2) is 17.7 Å². The van der Waals surface area contributed by atoms with Crippen molar-refractivity contribution in [3.8, 4) is 17.1 Å². The lowest BCUT2D eigenvalue weighted by Gasteiger charge is -2.37. The van der Waals surface area contributed by atoms with Crippen molar-refractivity contribution in [2.24, 2.45) is 0 Å². The molecule has 1 unspecified atom stereocenters. The smallest absolute Gasteiger partial charge is 0.274 e. The van der Waals surface area contributed by atoms with Crippen LogP contribution in [0.3, 0.4) is 0 Å². The third kappa shape index (κ3) is 3.64. The number of carbonyl (C=O) groups is 1. The molecule has 2 aliphatic heterocycles. The maximum absolute atomic E-state index is 13.5. The number of nitrogens with zero attached hydrogens (tertiary/aromatic N) is 3. The molecular weight excluding hydrogens is 406 g/mol. The van der Waals surface area contributed by atoms with E-state index in [1.54, 1.807) is 29.1 Å². The van der Waals surface area contributed by atoms with Gasteiger partial charge in [-0.3, -0.25) is 4.79 Å². The first kappa shape index (κ1) is 19.4. The van der Waals surface area contributed by atoms with E-state index in [1.165, 1.54) is 0 Å². The van der Waals surface area contributed by atoms with Crippen molar-refractivity contribution in [1.82, 2.24) is 14.7 Å². The van der Waals surface area contributed by atoms with Crippen LogP contribution in [-0.4, -0.2) is 52.7 Å². The second-order valence-electron chi connectivity index (χ2n) is 7.45. The molecule has 30 heavy (non-hydrogen) atoms. The Labute approximate surface area is 179 Å². The van der Waals surface area contributed by atoms with Crippen molar-refractivity contribution in [3.63, 3.8) is 0 Å². The van der Waals surface area contributed by atoms with Crippen LogP contribution in [0.5, 0.6) is 0 Å². The lowest BCUT2D eigenvalue weighted by molar-refractivity contribution is -0.100. The van der Waals surface area contributed by atoms with E-state index in [4.69, 9.17) is 25.5 Å². The molecule has 2 aliphatic rings. The Balaban J connectivity index is 1.51. The normalized spacial score (nSPS) is 20.0. The lowest BCUT2D eigenvalue weighted by Crippen LogP contribution is -2.50. The highest BCUT2D eigenvalue weighted by Gasteiger charge is 2.37. The minimum Gasteiger partial charge on any atom is -0.463 e. The lowest BCUT2D eigenvalue weighted by atomic mass is 10.0. The summed E-state index contributed by atoms with van der Waals surface area (Å²) in [4.78, 5) is 15.3. The maximum atomic E-state index is 13.5. The van der Waals surface area contributed by atoms with Gasteiger partial charge in [0, 0.05) is 17.6 Å². The van der Waals surface area contributed by atoms with Crippen LogP contribution in [0.2, 0.25) is 5.02 Å². The maximum Gasteiger partial charge on any atom is 0.274 e. The summed E-state index contributed by atoms with van der Waals surface area (Å²) in [5, 5.41) is 5.28. The van der Waals surface area contributed by atoms with E-state index in [-0.39, 0.29) is 18.2 Å². The van der Waals surface area contributed by atoms with E-state index < -0.39 is 0 Å². The van der Waals surface area contributed by atoms with Crippen LogP contribution in [0.15, 0.2) is 53.1 Å². The minimum absolute atomic E-state index is 0.0958. The third-order valence-electron chi connectivity index (χ3n) is 5.55. The van der Waals surface area contributed by atoms with E-state index in [0.29, 0.717) is 41.9 Å². The predicted octanol–water partition coefficient (Wildman–Crippen LogP) is 4.15. The van der Waals surface area contributed by atoms with Crippen molar-refractivity contribution in [3.05, 3.63) is 59.4 Å². The minimum atomic E-state index is -0.364. The van der Waals surface area contributed by atoms with Crippen LogP contribution in [0.1, 0.15) is 29.8 Å². The first-order chi connectivity index (χ1) is 14.7. The van der Waals surface area contributed by atoms with Crippen molar-refractivity contribution in [2.75, 3.05) is 19.8 Å². The quantitative estimate of drug-likeness (QED) is 0.625. The molecule has 2 aromatic heterocycles. The summed E-state index contributed by atoms with van der Waals surface area (Å²) in [7, 11) is 0. The zero-order valence-electron chi connectivity index (χ0n) is 16.4. The molecule has 0 bridgehead atoms. The number of hydrogen-bond donors (Lipinski definition) is 0. The summed E-state index contributed by atoms with van der Waals surface area (Å²) in [6.45, 7) is 1.80. The molecule has 0 radical (unpaired) electrons. The fourth-order valence-electron chi connectivity index (χ4n) is 4.10. The van der Waals surface area contributed by atoms with E-state index in [0.717, 1.165) is 24.9 Å². The highest BCUT2D eigenvalue weighted by atomic mass is 35.5. The van der Waals surface area contributed by atoms with Crippen LogP contribution < -0.4 is 0 Å². The number of aromatic nitrogens is 2. The molecule has 0 saturated carbocycles. The number of likely N-dealkylation sites (tertiary alicyclic amines) is 1. The number of piperidine rings is 1. The van der Waals surface area contributed by atoms with Crippen molar-refractivity contribution in [2.45, 2.75) is 31.6 Å². The summed E-state index contributed by atoms with van der Waals surface area (Å²) in [5.41, 5.74) is 1.86. The molecule has 4 heterocycles. The van der Waals surface area contributed by atoms with Gasteiger partial charge in [-0.2, -0.15) is 5.10 Å². The van der Waals surface area contributed by atoms with Crippen LogP contribution in [0, 0.1) is 0 Å². The average molecular weight is 428 g/mol. The molecule has 5 rings (SSSR count). The van der Waals surface area contributed by atoms with Gasteiger partial charge in [-0.25, -0.2) is 4.68 Å². The summed E-state index contributed by atoms with van der Waals surface area (Å²) in [6.07, 6.45) is 4.11. The van der Waals surface area contributed by atoms with E-state index >= 15 is 0 Å². The summed E-state index contributed by atoms with van der Waals surface area (Å²) in [5.74, 6) is 0.508. The molecule has 2 saturated heterocycles. The molecule has 2 fully saturated rings. The Morgan fingerprint density at radius 1 is 1.10 bits per heavy atom. The van der Waals surface area contributed by atoms with Gasteiger partial charge < -0.3 is 18.8 Å². The number of furan rings is 1. The molecule has 1 aromatic carbocycles. The highest BCUT2D eigenvalue weighted by molar-refractivity contribution is 6.30. The van der Waals surface area contributed by atoms with Crippen LogP contribution in [0.25, 0.3) is 17.1 Å². The first-order valence-corrected chi connectivity index (χ1v) is 10.5. The number of hydrogen-bond acceptors (Lipinski definition) is 5. The van der Waals surface area contributed by atoms with Crippen LogP contribution in [-0.2, 0) is 9.47 Å². The predicted molar refractivity (Wildman–Crippen MR) is 111 cm³/mol. The Kier molecular flexibility index (Phi) is 5.33. The van der Waals surface area contributed by atoms with Crippen molar-refractivity contribution < 1.29 is 18.7 Å². The summed E-state index contributed by atoms with van der Waals surface area (Å²) < 4.78 is 18.7. The van der Waals surface area contributed by atoms with Gasteiger partial charge in [-0.1, -0.05) is 11.6 Å². The van der Waals surface area contributed by atoms with Crippen LogP contribution in [0.4, 0.5) is 0 Å². The van der Waals surface area contributed by atoms with Gasteiger partial charge in [0.05, 0.1) is 31.2 Å². The molecule has 156 valence electrons. The number of amides is 1. The molecule has 7 nitrogen and oxygen atoms in total. The molecule has 0 aliphatic carbocycles. The van der Waals surface area contributed by atoms with Crippen molar-refractivity contribution in [1.29, 1.82) is 0 Å². The van der Waals surface area contributed by atoms with Crippen LogP contribution >= 0.6 is 11.6 Å². The molecule has 3 aromatic rings. The molecular formula is C22H22ClN3O4. The number of halogens is 1. The van der Waals surface area contributed by atoms with E-state index in [9.17, 15) is 4.79 Å². The second kappa shape index (κ2) is 8.26. The molecule has 0 spiro atoms. The largest absolute Gasteiger partial charge is 0.463 e. The summed E-state index contributed by atoms with van der Waals surface area (Å²) in [6, 6.07) is 12.6. The van der Waals surface area contributed by atoms with Gasteiger partial charge >= 0.3 is 0 Å². The van der Waals surface area contributed by atoms with E-state index in [1.807, 2.05) is 29.2 Å². The van der Waals surface area contributed by atoms with Gasteiger partial charge in [0.1, 0.15) is 5.69 Å². The number of rotatable bonds is 4. The molecule has 1 atom stereocenters. The Bertz CT molecular complexity index is 1010. The van der Waals surface area contributed by atoms with Gasteiger partial charge in [0.2, 0.25) is 0 Å². The number of benzene rings is 1. The third-order valence-corrected chi connectivity index (χ3v) is 5.80. The fourth-order valence-corrected chi connectivity index (χ4v) is 4.23. The summed E-state index contributed by atoms with van der Waals surface area (Å²) >= 11 is 6.04. The standard InChI is InChI=1S/C22H22ClN3O4/c23-15-6-8-16(9-7-15)26-19(20-5-3-11-28-20)14-17(24-26)21(27)25-10-2-1-4-18(25)22-29-12-13-30-22/h3,5-9,11,14,18,22H,1-2,4,10,12-13H2. The Morgan fingerprint density at radius 2 is 1.90 bits per heavy atom. The first-order valence-electron chi connectivity index (χ1n) is 10.1. The zero-order chi connectivity index (χ0) is 20.5. The second-order valence-corrected chi connectivity index (χ2v) is 7.89. The average Bonchev–Trinajstić information content (AvgIpc) is 3.55. The number of ether oxygens (including phenoxy) is 2. The monoisotopic (exact) mass is 427 g/mol. The number of carbonyl (C=O) groups excluding carboxylic acids is 1. The van der Waals surface area contributed by atoms with Gasteiger partial charge in [-0.05, 0) is 55.7 Å². The van der Waals surface area contributed by atoms with Gasteiger partial charge in [0.25, 0.3) is 5.91 Å². The highest BCUT2D eigenvalue weighted by Crippen LogP contribution is 2.29. The van der Waals surface area contributed by atoms with Crippen molar-refractivity contribution >= 4 is 17.5 Å². The fraction of sp³-hybridized carbons (Fsp3) is 0.364.